The molecule has 4 nitrogen and oxygen atoms in total. The number of nitrogens with zero attached hydrogens (tertiary/aromatic N) is 1. The Morgan fingerprint density at radius 2 is 2.37 bits per heavy atom. The number of halogens is 1. The summed E-state index contributed by atoms with van der Waals surface area (Å²) in [6.45, 7) is 1.85. The summed E-state index contributed by atoms with van der Waals surface area (Å²) < 4.78 is 5.22. The van der Waals surface area contributed by atoms with E-state index in [4.69, 9.17) is 16.0 Å². The lowest BCUT2D eigenvalue weighted by Crippen LogP contribution is -2.23. The van der Waals surface area contributed by atoms with Gasteiger partial charge in [0.05, 0.1) is 22.3 Å². The molecule has 0 saturated carbocycles. The van der Waals surface area contributed by atoms with Crippen molar-refractivity contribution in [2.75, 3.05) is 5.32 Å². The maximum atomic E-state index is 11.9. The molecule has 100 valence electrons. The first-order valence-corrected chi connectivity index (χ1v) is 7.14. The second-order valence-electron chi connectivity index (χ2n) is 3.88. The van der Waals surface area contributed by atoms with Crippen molar-refractivity contribution < 1.29 is 9.21 Å². The first-order chi connectivity index (χ1) is 9.15. The lowest BCUT2D eigenvalue weighted by atomic mass is 10.4. The van der Waals surface area contributed by atoms with Crippen LogP contribution < -0.4 is 5.32 Å². The van der Waals surface area contributed by atoms with Gasteiger partial charge in [-0.15, -0.1) is 11.8 Å². The van der Waals surface area contributed by atoms with E-state index in [0.29, 0.717) is 16.6 Å². The van der Waals surface area contributed by atoms with E-state index in [2.05, 4.69) is 10.3 Å². The molecule has 0 bridgehead atoms. The zero-order valence-corrected chi connectivity index (χ0v) is 11.9. The van der Waals surface area contributed by atoms with Crippen molar-refractivity contribution in [3.63, 3.8) is 0 Å². The molecule has 1 amide bonds. The van der Waals surface area contributed by atoms with Crippen molar-refractivity contribution in [2.24, 2.45) is 0 Å². The molecule has 1 N–H and O–H groups in total. The molecule has 2 aromatic heterocycles. The molecule has 0 spiro atoms. The van der Waals surface area contributed by atoms with Gasteiger partial charge < -0.3 is 9.73 Å². The van der Waals surface area contributed by atoms with Crippen LogP contribution in [0.5, 0.6) is 0 Å². The summed E-state index contributed by atoms with van der Waals surface area (Å²) in [6, 6.07) is 7.08. The third kappa shape index (κ3) is 4.29. The maximum absolute atomic E-state index is 11.9. The molecule has 1 atom stereocenters. The van der Waals surface area contributed by atoms with Crippen molar-refractivity contribution in [1.29, 1.82) is 0 Å². The van der Waals surface area contributed by atoms with Gasteiger partial charge in [-0.1, -0.05) is 11.6 Å². The van der Waals surface area contributed by atoms with E-state index in [1.165, 1.54) is 18.0 Å². The number of furan rings is 1. The molecule has 1 unspecified atom stereocenters. The molecule has 2 rings (SSSR count). The van der Waals surface area contributed by atoms with Crippen LogP contribution in [0.4, 0.5) is 5.82 Å². The fourth-order valence-corrected chi connectivity index (χ4v) is 2.26. The highest BCUT2D eigenvalue weighted by Gasteiger charge is 2.14. The molecular formula is C13H13ClN2O2S. The summed E-state index contributed by atoms with van der Waals surface area (Å²) in [6.07, 6.45) is 3.12. The van der Waals surface area contributed by atoms with Crippen molar-refractivity contribution in [3.05, 3.63) is 47.5 Å². The van der Waals surface area contributed by atoms with Gasteiger partial charge in [0, 0.05) is 6.20 Å². The lowest BCUT2D eigenvalue weighted by Gasteiger charge is -2.10. The molecule has 0 fully saturated rings. The number of aromatic nitrogens is 1. The molecule has 0 aromatic carbocycles. The standard InChI is InChI=1S/C13H13ClN2O2S/c1-9(19-8-11-3-2-6-18-11)13(17)16-12-5-4-10(14)7-15-12/h2-7,9H,8H2,1H3,(H,15,16,17). The topological polar surface area (TPSA) is 55.1 Å². The van der Waals surface area contributed by atoms with Crippen molar-refractivity contribution in [3.8, 4) is 0 Å². The van der Waals surface area contributed by atoms with Crippen molar-refractivity contribution >= 4 is 35.1 Å². The number of carbonyl (C=O) groups excluding carboxylic acids is 1. The van der Waals surface area contributed by atoms with Gasteiger partial charge in [0.15, 0.2) is 0 Å². The summed E-state index contributed by atoms with van der Waals surface area (Å²) >= 11 is 7.23. The van der Waals surface area contributed by atoms with Crippen LogP contribution in [0.3, 0.4) is 0 Å². The average molecular weight is 297 g/mol. The van der Waals surface area contributed by atoms with E-state index < -0.39 is 0 Å². The molecule has 0 aliphatic rings. The quantitative estimate of drug-likeness (QED) is 0.916. The Labute approximate surface area is 120 Å². The Balaban J connectivity index is 1.83. The number of carbonyl (C=O) groups is 1. The van der Waals surface area contributed by atoms with Gasteiger partial charge in [-0.25, -0.2) is 4.98 Å². The predicted molar refractivity (Wildman–Crippen MR) is 77.3 cm³/mol. The fraction of sp³-hybridized carbons (Fsp3) is 0.231. The van der Waals surface area contributed by atoms with Crippen LogP contribution in [0, 0.1) is 0 Å². The van der Waals surface area contributed by atoms with Crippen LogP contribution in [0.1, 0.15) is 12.7 Å². The smallest absolute Gasteiger partial charge is 0.238 e. The van der Waals surface area contributed by atoms with E-state index in [1.54, 1.807) is 18.4 Å². The molecule has 2 aromatic rings. The summed E-state index contributed by atoms with van der Waals surface area (Å²) in [5, 5.41) is 3.09. The van der Waals surface area contributed by atoms with E-state index in [-0.39, 0.29) is 11.2 Å². The normalized spacial score (nSPS) is 12.1. The Kier molecular flexibility index (Phi) is 4.87. The molecule has 0 saturated heterocycles. The highest BCUT2D eigenvalue weighted by molar-refractivity contribution is 7.99. The number of hydrogen-bond donors (Lipinski definition) is 1. The van der Waals surface area contributed by atoms with Gasteiger partial charge >= 0.3 is 0 Å². The monoisotopic (exact) mass is 296 g/mol. The van der Waals surface area contributed by atoms with Gasteiger partial charge in [-0.2, -0.15) is 0 Å². The summed E-state index contributed by atoms with van der Waals surface area (Å²) in [4.78, 5) is 15.9. The van der Waals surface area contributed by atoms with Crippen LogP contribution in [-0.4, -0.2) is 16.1 Å². The fourth-order valence-electron chi connectivity index (χ4n) is 1.36. The molecule has 0 aliphatic heterocycles. The zero-order valence-electron chi connectivity index (χ0n) is 10.3. The first kappa shape index (κ1) is 14.0. The Hall–Kier alpha value is -1.46. The largest absolute Gasteiger partial charge is 0.468 e. The van der Waals surface area contributed by atoms with Crippen LogP contribution in [0.15, 0.2) is 41.1 Å². The molecule has 2 heterocycles. The van der Waals surface area contributed by atoms with Crippen molar-refractivity contribution in [1.82, 2.24) is 4.98 Å². The van der Waals surface area contributed by atoms with Crippen LogP contribution >= 0.6 is 23.4 Å². The zero-order chi connectivity index (χ0) is 13.7. The molecule has 0 aliphatic carbocycles. The highest BCUT2D eigenvalue weighted by Crippen LogP contribution is 2.19. The first-order valence-electron chi connectivity index (χ1n) is 5.71. The minimum absolute atomic E-state index is 0.0913. The summed E-state index contributed by atoms with van der Waals surface area (Å²) in [5.74, 6) is 1.93. The number of nitrogens with one attached hydrogen (secondary N) is 1. The van der Waals surface area contributed by atoms with E-state index >= 15 is 0 Å². The van der Waals surface area contributed by atoms with Gasteiger partial charge in [-0.3, -0.25) is 4.79 Å². The van der Waals surface area contributed by atoms with Crippen LogP contribution in [0.25, 0.3) is 0 Å². The second kappa shape index (κ2) is 6.63. The summed E-state index contributed by atoms with van der Waals surface area (Å²) in [7, 11) is 0. The number of amides is 1. The van der Waals surface area contributed by atoms with E-state index in [9.17, 15) is 4.79 Å². The Morgan fingerprint density at radius 3 is 3.00 bits per heavy atom. The lowest BCUT2D eigenvalue weighted by molar-refractivity contribution is -0.115. The molecule has 19 heavy (non-hydrogen) atoms. The van der Waals surface area contributed by atoms with Gasteiger partial charge in [0.2, 0.25) is 5.91 Å². The number of pyridine rings is 1. The van der Waals surface area contributed by atoms with Gasteiger partial charge in [0.25, 0.3) is 0 Å². The van der Waals surface area contributed by atoms with E-state index in [1.807, 2.05) is 19.1 Å². The number of rotatable bonds is 5. The average Bonchev–Trinajstić information content (AvgIpc) is 2.91. The SMILES string of the molecule is CC(SCc1ccco1)C(=O)Nc1ccc(Cl)cn1. The molecule has 6 heteroatoms. The number of anilines is 1. The molecule has 0 radical (unpaired) electrons. The third-order valence-corrected chi connectivity index (χ3v) is 3.79. The highest BCUT2D eigenvalue weighted by atomic mass is 35.5. The molecular weight excluding hydrogens is 284 g/mol. The van der Waals surface area contributed by atoms with E-state index in [0.717, 1.165) is 5.76 Å². The number of thioether (sulfide) groups is 1. The maximum Gasteiger partial charge on any atom is 0.238 e. The minimum Gasteiger partial charge on any atom is -0.468 e. The third-order valence-electron chi connectivity index (χ3n) is 2.40. The Morgan fingerprint density at radius 1 is 1.53 bits per heavy atom. The van der Waals surface area contributed by atoms with Crippen molar-refractivity contribution in [2.45, 2.75) is 17.9 Å². The van der Waals surface area contributed by atoms with Crippen LogP contribution in [0.2, 0.25) is 5.02 Å². The second-order valence-corrected chi connectivity index (χ2v) is 5.65. The van der Waals surface area contributed by atoms with Gasteiger partial charge in [0.1, 0.15) is 11.6 Å². The van der Waals surface area contributed by atoms with Gasteiger partial charge in [-0.05, 0) is 31.2 Å². The summed E-state index contributed by atoms with van der Waals surface area (Å²) in [5.41, 5.74) is 0. The Bertz CT molecular complexity index is 528. The minimum atomic E-state index is -0.192. The number of hydrogen-bond acceptors (Lipinski definition) is 4. The van der Waals surface area contributed by atoms with Crippen LogP contribution in [-0.2, 0) is 10.5 Å². The predicted octanol–water partition coefficient (Wildman–Crippen LogP) is 3.59.